The average Bonchev–Trinajstić information content (AvgIpc) is 2.33. The quantitative estimate of drug-likeness (QED) is 0.559. The molecule has 2 nitrogen and oxygen atoms in total. The molecule has 0 amide bonds. The maximum absolute atomic E-state index is 3.28. The molecule has 52 valence electrons. The predicted molar refractivity (Wildman–Crippen MR) is 42.0 cm³/mol. The van der Waals surface area contributed by atoms with E-state index in [0.717, 1.165) is 5.88 Å². The molecule has 1 aliphatic rings. The van der Waals surface area contributed by atoms with E-state index in [1.807, 2.05) is 18.8 Å². The molecule has 3 heteroatoms. The minimum atomic E-state index is 1.01. The molecule has 0 aliphatic carbocycles. The number of aryl methyl sites for hydroxylation is 1. The van der Waals surface area contributed by atoms with Crippen molar-refractivity contribution in [2.75, 3.05) is 11.2 Å². The van der Waals surface area contributed by atoms with Crippen molar-refractivity contribution in [1.29, 1.82) is 0 Å². The Morgan fingerprint density at radius 1 is 1.70 bits per heavy atom. The van der Waals surface area contributed by atoms with Crippen LogP contribution in [0.15, 0.2) is 23.4 Å². The van der Waals surface area contributed by atoms with Gasteiger partial charge in [0.2, 0.25) is 0 Å². The van der Waals surface area contributed by atoms with Crippen molar-refractivity contribution in [2.24, 2.45) is 7.05 Å². The molecule has 0 fully saturated rings. The van der Waals surface area contributed by atoms with Crippen molar-refractivity contribution in [1.82, 2.24) is 0 Å². The maximum atomic E-state index is 3.28. The van der Waals surface area contributed by atoms with Crippen LogP contribution in [0.3, 0.4) is 0 Å². The fourth-order valence-corrected chi connectivity index (χ4v) is 1.94. The molecule has 1 N–H and O–H groups in total. The summed E-state index contributed by atoms with van der Waals surface area (Å²) in [7, 11) is 2.04. The first-order valence-electron chi connectivity index (χ1n) is 3.22. The average molecular weight is 153 g/mol. The summed E-state index contributed by atoms with van der Waals surface area (Å²) < 4.78 is 2.07. The molecule has 2 heterocycles. The van der Waals surface area contributed by atoms with Crippen molar-refractivity contribution < 1.29 is 4.57 Å². The van der Waals surface area contributed by atoms with E-state index < -0.39 is 0 Å². The van der Waals surface area contributed by atoms with E-state index in [-0.39, 0.29) is 0 Å². The summed E-state index contributed by atoms with van der Waals surface area (Å²) in [6.07, 6.45) is 4.19. The predicted octanol–water partition coefficient (Wildman–Crippen LogP) is 0.986. The van der Waals surface area contributed by atoms with Gasteiger partial charge in [0.1, 0.15) is 7.05 Å². The first-order valence-corrected chi connectivity index (χ1v) is 4.21. The zero-order chi connectivity index (χ0) is 6.97. The van der Waals surface area contributed by atoms with Crippen molar-refractivity contribution in [3.63, 3.8) is 0 Å². The van der Waals surface area contributed by atoms with Gasteiger partial charge in [-0.2, -0.15) is 0 Å². The Hall–Kier alpha value is -0.700. The highest BCUT2D eigenvalue weighted by atomic mass is 32.2. The summed E-state index contributed by atoms with van der Waals surface area (Å²) in [5, 5.41) is 3.28. The molecule has 0 unspecified atom stereocenters. The number of nitrogens with zero attached hydrogens (tertiary/aromatic N) is 1. The van der Waals surface area contributed by atoms with Gasteiger partial charge in [-0.05, 0) is 0 Å². The molecule has 1 aromatic heterocycles. The number of pyridine rings is 1. The van der Waals surface area contributed by atoms with Crippen LogP contribution < -0.4 is 9.88 Å². The Morgan fingerprint density at radius 2 is 2.60 bits per heavy atom. The van der Waals surface area contributed by atoms with Crippen molar-refractivity contribution in [2.45, 2.75) is 4.90 Å². The molecule has 0 saturated heterocycles. The minimum absolute atomic E-state index is 1.01. The van der Waals surface area contributed by atoms with Crippen LogP contribution in [0.25, 0.3) is 0 Å². The molecule has 0 bridgehead atoms. The molecule has 1 aliphatic heterocycles. The Kier molecular flexibility index (Phi) is 1.31. The third-order valence-electron chi connectivity index (χ3n) is 1.55. The first kappa shape index (κ1) is 6.04. The lowest BCUT2D eigenvalue weighted by atomic mass is 10.4. The molecule has 0 radical (unpaired) electrons. The van der Waals surface area contributed by atoms with Gasteiger partial charge in [-0.25, -0.2) is 4.57 Å². The van der Waals surface area contributed by atoms with Gasteiger partial charge >= 0.3 is 0 Å². The lowest BCUT2D eigenvalue weighted by Crippen LogP contribution is -2.26. The standard InChI is InChI=1S/C7H8N2S/c1-9-3-2-6-7(4-9)10-5-8-6/h2-4H,5H2,1H3/p+1. The summed E-state index contributed by atoms with van der Waals surface area (Å²) in [6, 6.07) is 2.11. The Morgan fingerprint density at radius 3 is 3.50 bits per heavy atom. The molecular formula is C7H9N2S+. The molecule has 10 heavy (non-hydrogen) atoms. The lowest BCUT2D eigenvalue weighted by molar-refractivity contribution is -0.673. The van der Waals surface area contributed by atoms with Crippen LogP contribution in [-0.2, 0) is 7.05 Å². The Labute approximate surface area is 64.3 Å². The smallest absolute Gasteiger partial charge is 0.184 e. The second-order valence-electron chi connectivity index (χ2n) is 2.35. The van der Waals surface area contributed by atoms with Gasteiger partial charge in [-0.1, -0.05) is 11.8 Å². The van der Waals surface area contributed by atoms with Crippen molar-refractivity contribution in [3.05, 3.63) is 18.5 Å². The molecule has 2 rings (SSSR count). The molecule has 1 aromatic rings. The lowest BCUT2D eigenvalue weighted by Gasteiger charge is -1.92. The second kappa shape index (κ2) is 2.16. The summed E-state index contributed by atoms with van der Waals surface area (Å²) >= 11 is 1.85. The molecule has 0 atom stereocenters. The SMILES string of the molecule is C[n+]1ccc2c(c1)SCN2. The minimum Gasteiger partial charge on any atom is -0.374 e. The van der Waals surface area contributed by atoms with Crippen LogP contribution in [0.2, 0.25) is 0 Å². The fraction of sp³-hybridized carbons (Fsp3) is 0.286. The zero-order valence-corrected chi connectivity index (χ0v) is 6.61. The van der Waals surface area contributed by atoms with Crippen LogP contribution in [-0.4, -0.2) is 5.88 Å². The highest BCUT2D eigenvalue weighted by Gasteiger charge is 2.12. The highest BCUT2D eigenvalue weighted by Crippen LogP contribution is 2.31. The van der Waals surface area contributed by atoms with Gasteiger partial charge in [-0.15, -0.1) is 0 Å². The van der Waals surface area contributed by atoms with Crippen LogP contribution >= 0.6 is 11.8 Å². The van der Waals surface area contributed by atoms with Gasteiger partial charge in [-0.3, -0.25) is 0 Å². The Bertz CT molecular complexity index is 260. The fourth-order valence-electron chi connectivity index (χ4n) is 1.02. The number of hydrogen-bond acceptors (Lipinski definition) is 2. The summed E-state index contributed by atoms with van der Waals surface area (Å²) in [5.74, 6) is 1.01. The van der Waals surface area contributed by atoms with Gasteiger partial charge in [0.05, 0.1) is 16.5 Å². The zero-order valence-electron chi connectivity index (χ0n) is 5.79. The van der Waals surface area contributed by atoms with E-state index in [0.29, 0.717) is 0 Å². The van der Waals surface area contributed by atoms with Gasteiger partial charge in [0.25, 0.3) is 0 Å². The number of anilines is 1. The molecule has 0 spiro atoms. The number of hydrogen-bond donors (Lipinski definition) is 1. The van der Waals surface area contributed by atoms with E-state index in [1.165, 1.54) is 10.6 Å². The number of rotatable bonds is 0. The monoisotopic (exact) mass is 153 g/mol. The van der Waals surface area contributed by atoms with E-state index in [9.17, 15) is 0 Å². The number of thioether (sulfide) groups is 1. The van der Waals surface area contributed by atoms with Crippen LogP contribution in [0.5, 0.6) is 0 Å². The van der Waals surface area contributed by atoms with Gasteiger partial charge < -0.3 is 5.32 Å². The Balaban J connectivity index is 2.52. The van der Waals surface area contributed by atoms with E-state index >= 15 is 0 Å². The summed E-state index contributed by atoms with van der Waals surface area (Å²) in [5.41, 5.74) is 1.27. The van der Waals surface area contributed by atoms with E-state index in [4.69, 9.17) is 0 Å². The van der Waals surface area contributed by atoms with Crippen LogP contribution in [0.1, 0.15) is 0 Å². The third kappa shape index (κ3) is 0.865. The largest absolute Gasteiger partial charge is 0.374 e. The summed E-state index contributed by atoms with van der Waals surface area (Å²) in [6.45, 7) is 0. The second-order valence-corrected chi connectivity index (χ2v) is 3.37. The van der Waals surface area contributed by atoms with E-state index in [2.05, 4.69) is 28.3 Å². The van der Waals surface area contributed by atoms with Gasteiger partial charge in [0.15, 0.2) is 12.4 Å². The topological polar surface area (TPSA) is 15.9 Å². The molecular weight excluding hydrogens is 144 g/mol. The molecule has 0 saturated carbocycles. The van der Waals surface area contributed by atoms with E-state index in [1.54, 1.807) is 0 Å². The third-order valence-corrected chi connectivity index (χ3v) is 2.48. The van der Waals surface area contributed by atoms with Crippen molar-refractivity contribution in [3.8, 4) is 0 Å². The van der Waals surface area contributed by atoms with Crippen LogP contribution in [0, 0.1) is 0 Å². The normalized spacial score (nSPS) is 14.5. The number of aromatic nitrogens is 1. The summed E-state index contributed by atoms with van der Waals surface area (Å²) in [4.78, 5) is 1.35. The van der Waals surface area contributed by atoms with Crippen LogP contribution in [0.4, 0.5) is 5.69 Å². The maximum Gasteiger partial charge on any atom is 0.184 e. The first-order chi connectivity index (χ1) is 4.86. The highest BCUT2D eigenvalue weighted by molar-refractivity contribution is 7.99. The number of nitrogens with one attached hydrogen (secondary N) is 1. The molecule has 0 aromatic carbocycles. The number of fused-ring (bicyclic) bond motifs is 1. The van der Waals surface area contributed by atoms with Crippen molar-refractivity contribution >= 4 is 17.4 Å². The van der Waals surface area contributed by atoms with Gasteiger partial charge in [0, 0.05) is 6.07 Å².